The Bertz CT molecular complexity index is 1490. The van der Waals surface area contributed by atoms with Gasteiger partial charge in [0, 0.05) is 40.1 Å². The average Bonchev–Trinajstić information content (AvgIpc) is 3.68. The van der Waals surface area contributed by atoms with Crippen LogP contribution in [0.4, 0.5) is 0 Å². The number of aliphatic hydroxyl groups is 2. The predicted molar refractivity (Wildman–Crippen MR) is 166 cm³/mol. The number of hydrogen-bond acceptors (Lipinski definition) is 12. The number of carbonyl (C=O) groups is 4. The molecule has 12 nitrogen and oxygen atoms in total. The molecule has 6 rings (SSSR count). The number of furan rings is 1. The van der Waals surface area contributed by atoms with Crippen LogP contribution in [0.15, 0.2) is 23.0 Å². The maximum atomic E-state index is 13.6. The number of ether oxygens (including phenoxy) is 5. The number of fused-ring (bicyclic) bond motifs is 2. The first-order valence-electron chi connectivity index (χ1n) is 17.2. The van der Waals surface area contributed by atoms with Gasteiger partial charge >= 0.3 is 23.9 Å². The van der Waals surface area contributed by atoms with E-state index in [9.17, 15) is 29.4 Å². The van der Waals surface area contributed by atoms with Gasteiger partial charge in [-0.1, -0.05) is 55.4 Å². The summed E-state index contributed by atoms with van der Waals surface area (Å²) in [6.07, 6.45) is 0.246. The van der Waals surface area contributed by atoms with E-state index in [1.165, 1.54) is 19.6 Å². The van der Waals surface area contributed by atoms with E-state index in [1.54, 1.807) is 47.6 Å². The second-order valence-electron chi connectivity index (χ2n) is 16.2. The van der Waals surface area contributed by atoms with Crippen LogP contribution in [0, 0.1) is 45.8 Å². The highest BCUT2D eigenvalue weighted by molar-refractivity contribution is 5.75. The average molecular weight is 675 g/mol. The summed E-state index contributed by atoms with van der Waals surface area (Å²) in [5.41, 5.74) is -6.89. The lowest BCUT2D eigenvalue weighted by Crippen LogP contribution is -2.85. The van der Waals surface area contributed by atoms with E-state index in [4.69, 9.17) is 28.1 Å². The predicted octanol–water partition coefficient (Wildman–Crippen LogP) is 4.25. The molecular weight excluding hydrogens is 624 g/mol. The molecule has 266 valence electrons. The molecule has 5 fully saturated rings. The third-order valence-electron chi connectivity index (χ3n) is 13.3. The fourth-order valence-electron chi connectivity index (χ4n) is 10.8. The lowest BCUT2D eigenvalue weighted by atomic mass is 9.35. The summed E-state index contributed by atoms with van der Waals surface area (Å²) in [7, 11) is 1.28. The van der Waals surface area contributed by atoms with Crippen LogP contribution in [-0.2, 0) is 42.9 Å². The second kappa shape index (κ2) is 11.0. The zero-order valence-electron chi connectivity index (χ0n) is 29.4. The molecule has 0 radical (unpaired) electrons. The van der Waals surface area contributed by atoms with Gasteiger partial charge in [0.25, 0.3) is 0 Å². The van der Waals surface area contributed by atoms with Crippen molar-refractivity contribution in [3.05, 3.63) is 24.2 Å². The summed E-state index contributed by atoms with van der Waals surface area (Å²) < 4.78 is 36.0. The monoisotopic (exact) mass is 674 g/mol. The third-order valence-corrected chi connectivity index (χ3v) is 13.3. The van der Waals surface area contributed by atoms with Gasteiger partial charge in [0.2, 0.25) is 5.79 Å². The molecule has 4 heterocycles. The molecule has 3 saturated heterocycles. The first-order valence-corrected chi connectivity index (χ1v) is 17.2. The van der Waals surface area contributed by atoms with Gasteiger partial charge in [0.15, 0.2) is 11.7 Å². The zero-order chi connectivity index (χ0) is 35.4. The van der Waals surface area contributed by atoms with Gasteiger partial charge in [0.1, 0.15) is 17.8 Å². The highest BCUT2D eigenvalue weighted by atomic mass is 16.7. The summed E-state index contributed by atoms with van der Waals surface area (Å²) in [4.78, 5) is 53.9. The largest absolute Gasteiger partial charge is 0.472 e. The highest BCUT2D eigenvalue weighted by Crippen LogP contribution is 2.82. The number of carbonyl (C=O) groups excluding carboxylic acids is 4. The van der Waals surface area contributed by atoms with Gasteiger partial charge in [-0.25, -0.2) is 0 Å². The molecule has 1 aromatic heterocycles. The van der Waals surface area contributed by atoms with Crippen molar-refractivity contribution in [2.75, 3.05) is 7.11 Å². The van der Waals surface area contributed by atoms with Crippen molar-refractivity contribution >= 4 is 23.9 Å². The Morgan fingerprint density at radius 1 is 1.02 bits per heavy atom. The summed E-state index contributed by atoms with van der Waals surface area (Å²) in [5, 5.41) is 26.6. The van der Waals surface area contributed by atoms with Crippen molar-refractivity contribution in [2.24, 2.45) is 45.8 Å². The summed E-state index contributed by atoms with van der Waals surface area (Å²) in [6, 6.07) is 1.73. The minimum atomic E-state index is -2.51. The van der Waals surface area contributed by atoms with Crippen LogP contribution in [0.25, 0.3) is 0 Å². The Morgan fingerprint density at radius 2 is 1.69 bits per heavy atom. The van der Waals surface area contributed by atoms with Crippen LogP contribution in [-0.4, -0.2) is 70.4 Å². The highest BCUT2D eigenvalue weighted by Gasteiger charge is 2.96. The van der Waals surface area contributed by atoms with E-state index < -0.39 is 105 Å². The van der Waals surface area contributed by atoms with Crippen LogP contribution < -0.4 is 0 Å². The second-order valence-corrected chi connectivity index (χ2v) is 16.2. The molecule has 0 amide bonds. The standard InChI is InChI=1S/C36H50O12/c1-10-19(4)28(40)47-29-31(5,6)22(15-24(37)43-9)33(8)21-11-13-32(7)23(16-25(38)45-26(32)20-12-14-44-17-20)34(21)30(46-27(39)18(2)3)35(29,41)36(33,42)48-34/h12,14,17-19,21-23,26,29-30,41-42H,10-11,13,15-16H2,1-9H3. The Balaban J connectivity index is 1.64. The number of esters is 4. The first kappa shape index (κ1) is 34.9. The lowest BCUT2D eigenvalue weighted by molar-refractivity contribution is -0.386. The van der Waals surface area contributed by atoms with Gasteiger partial charge in [-0.15, -0.1) is 0 Å². The quantitative estimate of drug-likeness (QED) is 0.298. The smallest absolute Gasteiger partial charge is 0.309 e. The fourth-order valence-corrected chi connectivity index (χ4v) is 10.8. The van der Waals surface area contributed by atoms with Crippen LogP contribution in [0.2, 0.25) is 0 Å². The molecule has 48 heavy (non-hydrogen) atoms. The maximum absolute atomic E-state index is 13.6. The Hall–Kier alpha value is -2.96. The summed E-state index contributed by atoms with van der Waals surface area (Å²) in [6.45, 7) is 14.2. The fraction of sp³-hybridized carbons (Fsp3) is 0.778. The van der Waals surface area contributed by atoms with Crippen molar-refractivity contribution < 1.29 is 57.5 Å². The molecule has 2 aliphatic carbocycles. The number of hydrogen-bond donors (Lipinski definition) is 2. The van der Waals surface area contributed by atoms with E-state index >= 15 is 0 Å². The topological polar surface area (TPSA) is 168 Å². The van der Waals surface area contributed by atoms with Crippen molar-refractivity contribution in [3.8, 4) is 0 Å². The Kier molecular flexibility index (Phi) is 8.01. The van der Waals surface area contributed by atoms with Crippen molar-refractivity contribution in [1.82, 2.24) is 0 Å². The van der Waals surface area contributed by atoms with Crippen LogP contribution in [0.5, 0.6) is 0 Å². The van der Waals surface area contributed by atoms with Crippen molar-refractivity contribution in [2.45, 2.75) is 123 Å². The molecule has 12 heteroatoms. The van der Waals surface area contributed by atoms with Gasteiger partial charge in [-0.2, -0.15) is 0 Å². The molecule has 0 aromatic carbocycles. The first-order chi connectivity index (χ1) is 22.3. The van der Waals surface area contributed by atoms with Gasteiger partial charge in [-0.3, -0.25) is 19.2 Å². The molecule has 2 saturated carbocycles. The van der Waals surface area contributed by atoms with Gasteiger partial charge in [-0.05, 0) is 31.2 Å². The molecule has 1 spiro atoms. The van der Waals surface area contributed by atoms with E-state index in [1.807, 2.05) is 13.8 Å². The van der Waals surface area contributed by atoms with Gasteiger partial charge < -0.3 is 38.3 Å². The van der Waals surface area contributed by atoms with Crippen LogP contribution in [0.1, 0.15) is 99.2 Å². The molecule has 3 aliphatic heterocycles. The number of cyclic esters (lactones) is 1. The minimum absolute atomic E-state index is 0.151. The zero-order valence-corrected chi connectivity index (χ0v) is 29.4. The number of methoxy groups -OCH3 is 1. The number of rotatable bonds is 8. The van der Waals surface area contributed by atoms with E-state index in [-0.39, 0.29) is 12.8 Å². The molecule has 12 atom stereocenters. The molecule has 2 N–H and O–H groups in total. The van der Waals surface area contributed by atoms with Crippen molar-refractivity contribution in [1.29, 1.82) is 0 Å². The van der Waals surface area contributed by atoms with Crippen molar-refractivity contribution in [3.63, 3.8) is 0 Å². The van der Waals surface area contributed by atoms with E-state index in [0.29, 0.717) is 24.8 Å². The normalized spacial score (nSPS) is 44.3. The molecule has 1 aromatic rings. The molecule has 12 unspecified atom stereocenters. The summed E-state index contributed by atoms with van der Waals surface area (Å²) >= 11 is 0. The third kappa shape index (κ3) is 4.11. The summed E-state index contributed by atoms with van der Waals surface area (Å²) in [5.74, 6) is -8.13. The van der Waals surface area contributed by atoms with Crippen LogP contribution >= 0.6 is 0 Å². The molecule has 2 bridgehead atoms. The van der Waals surface area contributed by atoms with E-state index in [0.717, 1.165) is 0 Å². The maximum Gasteiger partial charge on any atom is 0.309 e. The minimum Gasteiger partial charge on any atom is -0.472 e. The molecular formula is C36H50O12. The SMILES string of the molecule is CCC(C)C(=O)OC1C(C)(C)C(CC(=O)OC)C2(C)C3CCC4(C)C(c5ccoc5)OC(=O)CC4C34OC2(O)C1(O)C4OC(=O)C(C)C. The Morgan fingerprint density at radius 3 is 2.27 bits per heavy atom. The van der Waals surface area contributed by atoms with E-state index in [2.05, 4.69) is 0 Å². The lowest BCUT2D eigenvalue weighted by Gasteiger charge is -2.70. The Labute approximate surface area is 281 Å². The van der Waals surface area contributed by atoms with Crippen LogP contribution in [0.3, 0.4) is 0 Å². The molecule has 5 aliphatic rings. The van der Waals surface area contributed by atoms with Gasteiger partial charge in [0.05, 0.1) is 37.9 Å².